The molecule has 1 aromatic carbocycles. The van der Waals surface area contributed by atoms with Crippen molar-refractivity contribution in [2.24, 2.45) is 0 Å². The van der Waals surface area contributed by atoms with Gasteiger partial charge in [-0.05, 0) is 18.9 Å². The maximum Gasteiger partial charge on any atom is 0.221 e. The monoisotopic (exact) mass is 312 g/mol. The summed E-state index contributed by atoms with van der Waals surface area (Å²) in [5.74, 6) is -0.119. The normalized spacial score (nSPS) is 13.1. The Hall–Kier alpha value is -1.40. The summed E-state index contributed by atoms with van der Waals surface area (Å²) in [7, 11) is -3.34. The molecule has 118 valence electrons. The van der Waals surface area contributed by atoms with Crippen molar-refractivity contribution in [1.29, 1.82) is 0 Å². The van der Waals surface area contributed by atoms with Crippen molar-refractivity contribution < 1.29 is 13.2 Å². The van der Waals surface area contributed by atoms with Crippen LogP contribution in [0, 0.1) is 0 Å². The van der Waals surface area contributed by atoms with Crippen LogP contribution in [0.3, 0.4) is 0 Å². The van der Waals surface area contributed by atoms with Gasteiger partial charge in [-0.2, -0.15) is 4.31 Å². The van der Waals surface area contributed by atoms with E-state index in [1.165, 1.54) is 10.6 Å². The second kappa shape index (κ2) is 8.14. The Morgan fingerprint density at radius 3 is 2.43 bits per heavy atom. The first-order valence-corrected chi connectivity index (χ1v) is 8.96. The number of hydrogen-bond acceptors (Lipinski definition) is 3. The van der Waals surface area contributed by atoms with E-state index in [0.29, 0.717) is 0 Å². The van der Waals surface area contributed by atoms with Crippen molar-refractivity contribution in [3.63, 3.8) is 0 Å². The van der Waals surface area contributed by atoms with E-state index in [4.69, 9.17) is 0 Å². The molecule has 0 aromatic heterocycles. The smallest absolute Gasteiger partial charge is 0.221 e. The lowest BCUT2D eigenvalue weighted by Gasteiger charge is -2.20. The fourth-order valence-corrected chi connectivity index (χ4v) is 2.63. The van der Waals surface area contributed by atoms with Crippen LogP contribution in [-0.2, 0) is 21.4 Å². The van der Waals surface area contributed by atoms with Crippen LogP contribution in [0.2, 0.25) is 0 Å². The highest BCUT2D eigenvalue weighted by atomic mass is 32.2. The van der Waals surface area contributed by atoms with E-state index >= 15 is 0 Å². The number of hydrogen-bond donors (Lipinski definition) is 1. The maximum atomic E-state index is 11.8. The minimum absolute atomic E-state index is 0.110. The van der Waals surface area contributed by atoms with E-state index in [1.807, 2.05) is 44.2 Å². The summed E-state index contributed by atoms with van der Waals surface area (Å²) in [6.07, 6.45) is 2.19. The molecule has 1 aromatic rings. The fourth-order valence-electron chi connectivity index (χ4n) is 1.82. The average molecular weight is 312 g/mol. The van der Waals surface area contributed by atoms with Gasteiger partial charge in [0.1, 0.15) is 0 Å². The Labute approximate surface area is 127 Å². The summed E-state index contributed by atoms with van der Waals surface area (Å²) in [5.41, 5.74) is 0.908. The highest BCUT2D eigenvalue weighted by molar-refractivity contribution is 7.88. The summed E-state index contributed by atoms with van der Waals surface area (Å²) in [5, 5.41) is 2.84. The lowest BCUT2D eigenvalue weighted by molar-refractivity contribution is -0.121. The van der Waals surface area contributed by atoms with Gasteiger partial charge in [-0.1, -0.05) is 37.3 Å². The summed E-state index contributed by atoms with van der Waals surface area (Å²) >= 11 is 0. The van der Waals surface area contributed by atoms with Crippen molar-refractivity contribution in [3.05, 3.63) is 35.9 Å². The molecule has 0 fully saturated rings. The zero-order chi connectivity index (χ0) is 15.9. The van der Waals surface area contributed by atoms with Gasteiger partial charge >= 0.3 is 0 Å². The lowest BCUT2D eigenvalue weighted by atomic mass is 10.2. The standard InChI is InChI=1S/C15H24N2O3S/c1-4-13(2)16-15(18)10-11-17(21(3,19)20)12-14-8-6-5-7-9-14/h5-9,13H,4,10-12H2,1-3H3,(H,16,18). The van der Waals surface area contributed by atoms with Crippen LogP contribution in [0.5, 0.6) is 0 Å². The molecule has 0 aliphatic rings. The molecular formula is C15H24N2O3S. The lowest BCUT2D eigenvalue weighted by Crippen LogP contribution is -2.37. The third-order valence-electron chi connectivity index (χ3n) is 3.28. The SMILES string of the molecule is CCC(C)NC(=O)CCN(Cc1ccccc1)S(C)(=O)=O. The van der Waals surface area contributed by atoms with E-state index in [2.05, 4.69) is 5.32 Å². The van der Waals surface area contributed by atoms with Crippen molar-refractivity contribution in [3.8, 4) is 0 Å². The van der Waals surface area contributed by atoms with Gasteiger partial charge in [0.05, 0.1) is 6.26 Å². The van der Waals surface area contributed by atoms with Gasteiger partial charge in [-0.25, -0.2) is 8.42 Å². The molecule has 1 N–H and O–H groups in total. The fraction of sp³-hybridized carbons (Fsp3) is 0.533. The molecule has 0 spiro atoms. The van der Waals surface area contributed by atoms with Gasteiger partial charge in [0, 0.05) is 25.6 Å². The molecule has 21 heavy (non-hydrogen) atoms. The number of carbonyl (C=O) groups excluding carboxylic acids is 1. The molecule has 0 saturated carbocycles. The van der Waals surface area contributed by atoms with Crippen LogP contribution in [-0.4, -0.2) is 37.5 Å². The third kappa shape index (κ3) is 6.73. The minimum atomic E-state index is -3.34. The van der Waals surface area contributed by atoms with Crippen LogP contribution in [0.15, 0.2) is 30.3 Å². The first kappa shape index (κ1) is 17.7. The van der Waals surface area contributed by atoms with Gasteiger partial charge in [0.15, 0.2) is 0 Å². The zero-order valence-electron chi connectivity index (χ0n) is 12.9. The van der Waals surface area contributed by atoms with Crippen LogP contribution in [0.25, 0.3) is 0 Å². The first-order valence-electron chi connectivity index (χ1n) is 7.11. The number of sulfonamides is 1. The Balaban J connectivity index is 2.62. The predicted molar refractivity (Wildman–Crippen MR) is 84.2 cm³/mol. The predicted octanol–water partition coefficient (Wildman–Crippen LogP) is 1.75. The van der Waals surface area contributed by atoms with Crippen LogP contribution < -0.4 is 5.32 Å². The molecule has 0 bridgehead atoms. The molecule has 5 nitrogen and oxygen atoms in total. The minimum Gasteiger partial charge on any atom is -0.354 e. The molecule has 1 unspecified atom stereocenters. The van der Waals surface area contributed by atoms with E-state index in [1.54, 1.807) is 0 Å². The molecule has 1 atom stereocenters. The maximum absolute atomic E-state index is 11.8. The molecule has 1 rings (SSSR count). The Morgan fingerprint density at radius 2 is 1.90 bits per heavy atom. The number of rotatable bonds is 8. The summed E-state index contributed by atoms with van der Waals surface area (Å²) in [6.45, 7) is 4.39. The molecule has 0 saturated heterocycles. The van der Waals surface area contributed by atoms with Crippen molar-refractivity contribution in [1.82, 2.24) is 9.62 Å². The number of nitrogens with one attached hydrogen (secondary N) is 1. The van der Waals surface area contributed by atoms with Gasteiger partial charge < -0.3 is 5.32 Å². The third-order valence-corrected chi connectivity index (χ3v) is 4.53. The Morgan fingerprint density at radius 1 is 1.29 bits per heavy atom. The molecule has 0 aliphatic heterocycles. The second-order valence-electron chi connectivity index (χ2n) is 5.21. The average Bonchev–Trinajstić information content (AvgIpc) is 2.43. The topological polar surface area (TPSA) is 66.5 Å². The Bertz CT molecular complexity index is 543. The molecule has 0 aliphatic carbocycles. The van der Waals surface area contributed by atoms with Gasteiger partial charge in [0.2, 0.25) is 15.9 Å². The second-order valence-corrected chi connectivity index (χ2v) is 7.19. The number of amides is 1. The molecule has 6 heteroatoms. The Kier molecular flexibility index (Phi) is 6.84. The molecule has 1 amide bonds. The highest BCUT2D eigenvalue weighted by Crippen LogP contribution is 2.09. The van der Waals surface area contributed by atoms with Gasteiger partial charge in [0.25, 0.3) is 0 Å². The van der Waals surface area contributed by atoms with Gasteiger partial charge in [-0.3, -0.25) is 4.79 Å². The van der Waals surface area contributed by atoms with Crippen LogP contribution >= 0.6 is 0 Å². The van der Waals surface area contributed by atoms with E-state index in [9.17, 15) is 13.2 Å². The van der Waals surface area contributed by atoms with Gasteiger partial charge in [-0.15, -0.1) is 0 Å². The summed E-state index contributed by atoms with van der Waals surface area (Å²) < 4.78 is 25.0. The van der Waals surface area contributed by atoms with E-state index < -0.39 is 10.0 Å². The zero-order valence-corrected chi connectivity index (χ0v) is 13.7. The van der Waals surface area contributed by atoms with Crippen molar-refractivity contribution >= 4 is 15.9 Å². The quantitative estimate of drug-likeness (QED) is 0.795. The van der Waals surface area contributed by atoms with Crippen LogP contribution in [0.1, 0.15) is 32.3 Å². The molecule has 0 radical (unpaired) electrons. The summed E-state index contributed by atoms with van der Waals surface area (Å²) in [4.78, 5) is 11.8. The highest BCUT2D eigenvalue weighted by Gasteiger charge is 2.18. The first-order chi connectivity index (χ1) is 9.82. The van der Waals surface area contributed by atoms with E-state index in [-0.39, 0.29) is 31.5 Å². The number of nitrogens with zero attached hydrogens (tertiary/aromatic N) is 1. The largest absolute Gasteiger partial charge is 0.354 e. The molecular weight excluding hydrogens is 288 g/mol. The molecule has 0 heterocycles. The van der Waals surface area contributed by atoms with Crippen molar-refractivity contribution in [2.75, 3.05) is 12.8 Å². The number of benzene rings is 1. The summed E-state index contributed by atoms with van der Waals surface area (Å²) in [6, 6.07) is 9.47. The van der Waals surface area contributed by atoms with Crippen molar-refractivity contribution in [2.45, 2.75) is 39.3 Å². The van der Waals surface area contributed by atoms with E-state index in [0.717, 1.165) is 12.0 Å². The van der Waals surface area contributed by atoms with Crippen LogP contribution in [0.4, 0.5) is 0 Å². The number of carbonyl (C=O) groups is 1.